The predicted molar refractivity (Wildman–Crippen MR) is 72.0 cm³/mol. The van der Waals surface area contributed by atoms with Crippen LogP contribution in [0.5, 0.6) is 0 Å². The lowest BCUT2D eigenvalue weighted by Gasteiger charge is -2.10. The van der Waals surface area contributed by atoms with Gasteiger partial charge in [0.2, 0.25) is 5.52 Å². The number of fused-ring (bicyclic) bond motifs is 1. The highest BCUT2D eigenvalue weighted by molar-refractivity contribution is 6.03. The molecule has 100 valence electrons. The number of rotatable bonds is 5. The van der Waals surface area contributed by atoms with Gasteiger partial charge in [-0.1, -0.05) is 12.1 Å². The molecule has 19 heavy (non-hydrogen) atoms. The summed E-state index contributed by atoms with van der Waals surface area (Å²) in [4.78, 5) is 15.0. The molecule has 1 heterocycles. The third-order valence-corrected chi connectivity index (χ3v) is 2.75. The van der Waals surface area contributed by atoms with Gasteiger partial charge in [0.05, 0.1) is 24.3 Å². The van der Waals surface area contributed by atoms with Crippen LogP contribution in [0.4, 0.5) is 5.69 Å². The zero-order valence-electron chi connectivity index (χ0n) is 10.8. The summed E-state index contributed by atoms with van der Waals surface area (Å²) in [5.41, 5.74) is 2.03. The summed E-state index contributed by atoms with van der Waals surface area (Å²) in [7, 11) is 0. The Hall–Kier alpha value is -2.14. The molecule has 3 N–H and O–H groups in total. The van der Waals surface area contributed by atoms with Crippen molar-refractivity contribution in [1.29, 1.82) is 0 Å². The van der Waals surface area contributed by atoms with E-state index < -0.39 is 0 Å². The number of hydrogen-bond acceptors (Lipinski definition) is 4. The smallest absolute Gasteiger partial charge is 0.346 e. The van der Waals surface area contributed by atoms with Crippen molar-refractivity contribution < 1.29 is 19.6 Å². The Morgan fingerprint density at radius 1 is 1.42 bits per heavy atom. The van der Waals surface area contributed by atoms with Crippen LogP contribution in [-0.4, -0.2) is 30.8 Å². The van der Waals surface area contributed by atoms with Gasteiger partial charge in [-0.3, -0.25) is 0 Å². The molecule has 1 aromatic carbocycles. The van der Waals surface area contributed by atoms with Crippen molar-refractivity contribution in [3.8, 4) is 0 Å². The molecule has 0 aliphatic heterocycles. The van der Waals surface area contributed by atoms with Gasteiger partial charge in [0.15, 0.2) is 6.20 Å². The third-order valence-electron chi connectivity index (χ3n) is 2.75. The highest BCUT2D eigenvalue weighted by Gasteiger charge is 2.19. The maximum atomic E-state index is 11.9. The summed E-state index contributed by atoms with van der Waals surface area (Å²) in [5, 5.41) is 12.9. The number of benzene rings is 1. The van der Waals surface area contributed by atoms with E-state index >= 15 is 0 Å². The number of H-pyrrole nitrogens is 1. The molecule has 0 amide bonds. The van der Waals surface area contributed by atoms with Gasteiger partial charge in [0.25, 0.3) is 0 Å². The van der Waals surface area contributed by atoms with Gasteiger partial charge in [-0.15, -0.1) is 0 Å². The third kappa shape index (κ3) is 2.82. The van der Waals surface area contributed by atoms with Gasteiger partial charge in [0.1, 0.15) is 5.56 Å². The molecule has 0 atom stereocenters. The number of carbonyl (C=O) groups excluding carboxylic acids is 1. The largest absolute Gasteiger partial charge is 0.462 e. The van der Waals surface area contributed by atoms with E-state index in [1.807, 2.05) is 24.3 Å². The normalized spacial score (nSPS) is 10.4. The quantitative estimate of drug-likeness (QED) is 0.794. The fraction of sp³-hybridized carbons (Fsp3) is 0.286. The van der Waals surface area contributed by atoms with E-state index in [0.717, 1.165) is 10.9 Å². The standard InChI is InChI=1S/C14H16N2O3/c1-2-19-14(18)11-9-16-12-6-4-3-5-10(12)13(11)15-7-8-17/h3-6,9,17H,2,7-8H2,1H3,(H,15,16)/p+1. The highest BCUT2D eigenvalue weighted by atomic mass is 16.5. The van der Waals surface area contributed by atoms with Gasteiger partial charge < -0.3 is 15.2 Å². The van der Waals surface area contributed by atoms with Crippen molar-refractivity contribution in [3.63, 3.8) is 0 Å². The van der Waals surface area contributed by atoms with E-state index in [4.69, 9.17) is 9.84 Å². The Morgan fingerprint density at radius 3 is 2.95 bits per heavy atom. The molecule has 2 aromatic rings. The second-order valence-corrected chi connectivity index (χ2v) is 3.99. The monoisotopic (exact) mass is 261 g/mol. The molecule has 0 aliphatic carbocycles. The van der Waals surface area contributed by atoms with E-state index in [2.05, 4.69) is 10.3 Å². The first-order valence-corrected chi connectivity index (χ1v) is 6.23. The Kier molecular flexibility index (Phi) is 4.30. The van der Waals surface area contributed by atoms with Gasteiger partial charge in [-0.2, -0.15) is 0 Å². The lowest BCUT2D eigenvalue weighted by molar-refractivity contribution is -0.344. The van der Waals surface area contributed by atoms with Crippen LogP contribution in [0.2, 0.25) is 0 Å². The zero-order chi connectivity index (χ0) is 13.7. The molecule has 5 heteroatoms. The molecule has 0 unspecified atom stereocenters. The number of carbonyl (C=O) groups is 1. The summed E-state index contributed by atoms with van der Waals surface area (Å²) in [6.07, 6.45) is 1.63. The minimum Gasteiger partial charge on any atom is -0.462 e. The molecule has 5 nitrogen and oxygen atoms in total. The number of para-hydroxylation sites is 1. The summed E-state index contributed by atoms with van der Waals surface area (Å²) in [6.45, 7) is 2.46. The maximum Gasteiger partial charge on any atom is 0.346 e. The van der Waals surface area contributed by atoms with Crippen molar-refractivity contribution in [2.75, 3.05) is 25.1 Å². The number of anilines is 1. The Labute approximate surface area is 111 Å². The van der Waals surface area contributed by atoms with Crippen molar-refractivity contribution in [3.05, 3.63) is 36.0 Å². The van der Waals surface area contributed by atoms with Gasteiger partial charge in [-0.05, 0) is 13.0 Å². The number of ether oxygens (including phenoxy) is 1. The van der Waals surface area contributed by atoms with Crippen molar-refractivity contribution in [2.45, 2.75) is 6.92 Å². The van der Waals surface area contributed by atoms with Crippen LogP contribution in [0.1, 0.15) is 17.3 Å². The minimum atomic E-state index is -0.384. The summed E-state index contributed by atoms with van der Waals surface area (Å²) < 4.78 is 5.04. The molecule has 1 aromatic heterocycles. The molecule has 0 aliphatic rings. The maximum absolute atomic E-state index is 11.9. The van der Waals surface area contributed by atoms with Crippen LogP contribution in [-0.2, 0) is 4.74 Å². The Morgan fingerprint density at radius 2 is 2.21 bits per heavy atom. The molecule has 0 spiro atoms. The fourth-order valence-corrected chi connectivity index (χ4v) is 1.94. The van der Waals surface area contributed by atoms with E-state index in [0.29, 0.717) is 24.4 Å². The highest BCUT2D eigenvalue weighted by Crippen LogP contribution is 2.24. The van der Waals surface area contributed by atoms with E-state index in [9.17, 15) is 4.79 Å². The van der Waals surface area contributed by atoms with Gasteiger partial charge >= 0.3 is 5.97 Å². The number of hydrogen-bond donors (Lipinski definition) is 2. The van der Waals surface area contributed by atoms with E-state index in [1.165, 1.54) is 0 Å². The number of esters is 1. The number of pyridine rings is 1. The van der Waals surface area contributed by atoms with Crippen LogP contribution in [0.15, 0.2) is 30.5 Å². The van der Waals surface area contributed by atoms with E-state index in [1.54, 1.807) is 13.1 Å². The molecule has 2 rings (SSSR count). The average Bonchev–Trinajstić information content (AvgIpc) is 2.44. The Balaban J connectivity index is 2.52. The molecule has 0 fully saturated rings. The average molecular weight is 261 g/mol. The zero-order valence-corrected chi connectivity index (χ0v) is 10.8. The van der Waals surface area contributed by atoms with Crippen molar-refractivity contribution in [2.24, 2.45) is 0 Å². The second-order valence-electron chi connectivity index (χ2n) is 3.99. The lowest BCUT2D eigenvalue weighted by atomic mass is 10.1. The van der Waals surface area contributed by atoms with Crippen molar-refractivity contribution in [1.82, 2.24) is 0 Å². The summed E-state index contributed by atoms with van der Waals surface area (Å²) in [6, 6.07) is 7.65. The number of aliphatic hydroxyl groups excluding tert-OH is 1. The molecule has 0 saturated heterocycles. The van der Waals surface area contributed by atoms with Crippen LogP contribution in [0, 0.1) is 0 Å². The number of aromatic amines is 1. The first kappa shape index (κ1) is 13.3. The fourth-order valence-electron chi connectivity index (χ4n) is 1.94. The predicted octanol–water partition coefficient (Wildman–Crippen LogP) is 1.23. The Bertz CT molecular complexity index is 584. The lowest BCUT2D eigenvalue weighted by Crippen LogP contribution is -2.17. The van der Waals surface area contributed by atoms with Crippen molar-refractivity contribution >= 4 is 22.6 Å². The molecule has 0 saturated carbocycles. The summed E-state index contributed by atoms with van der Waals surface area (Å²) >= 11 is 0. The van der Waals surface area contributed by atoms with Crippen LogP contribution in [0.25, 0.3) is 10.9 Å². The van der Waals surface area contributed by atoms with E-state index in [-0.39, 0.29) is 12.6 Å². The number of aromatic nitrogens is 1. The first-order valence-electron chi connectivity index (χ1n) is 6.23. The number of nitrogens with one attached hydrogen (secondary N) is 2. The van der Waals surface area contributed by atoms with Crippen LogP contribution in [0.3, 0.4) is 0 Å². The number of aliphatic hydroxyl groups is 1. The molecular formula is C14H17N2O3+. The molecular weight excluding hydrogens is 244 g/mol. The molecule has 0 bridgehead atoms. The SMILES string of the molecule is CCOC(=O)c1c[nH+]c2ccccc2c1NCCO. The minimum absolute atomic E-state index is 0.00476. The van der Waals surface area contributed by atoms with Gasteiger partial charge in [-0.25, -0.2) is 9.78 Å². The van der Waals surface area contributed by atoms with Crippen LogP contribution >= 0.6 is 0 Å². The van der Waals surface area contributed by atoms with Crippen LogP contribution < -0.4 is 10.3 Å². The topological polar surface area (TPSA) is 72.7 Å². The first-order chi connectivity index (χ1) is 9.27. The summed E-state index contributed by atoms with van der Waals surface area (Å²) in [5.74, 6) is -0.384. The second kappa shape index (κ2) is 6.15. The molecule has 0 radical (unpaired) electrons. The van der Waals surface area contributed by atoms with Gasteiger partial charge in [0, 0.05) is 12.6 Å².